The van der Waals surface area contributed by atoms with Gasteiger partial charge in [-0.05, 0) is 62.1 Å². The Morgan fingerprint density at radius 1 is 1.13 bits per heavy atom. The first-order valence-electron chi connectivity index (χ1n) is 10.1. The van der Waals surface area contributed by atoms with E-state index in [1.807, 2.05) is 4.90 Å². The number of nitrogens with zero attached hydrogens (tertiary/aromatic N) is 2. The normalized spacial score (nSPS) is 16.1. The molecule has 0 unspecified atom stereocenters. The molecule has 30 heavy (non-hydrogen) atoms. The molecular weight excluding hydrogens is 384 g/mol. The molecule has 1 aliphatic heterocycles. The molecule has 1 aromatic heterocycles. The molecule has 8 nitrogen and oxygen atoms in total. The third-order valence-corrected chi connectivity index (χ3v) is 5.29. The number of carbonyl (C=O) groups excluding carboxylic acids is 2. The van der Waals surface area contributed by atoms with Crippen LogP contribution < -0.4 is 20.9 Å². The van der Waals surface area contributed by atoms with Gasteiger partial charge in [0.1, 0.15) is 18.0 Å². The second-order valence-corrected chi connectivity index (χ2v) is 7.67. The molecular formula is C22H28N4O4. The number of ether oxygens (including phenoxy) is 1. The van der Waals surface area contributed by atoms with E-state index < -0.39 is 11.6 Å². The van der Waals surface area contributed by atoms with Gasteiger partial charge in [0.05, 0.1) is 7.11 Å². The van der Waals surface area contributed by atoms with Gasteiger partial charge in [-0.3, -0.25) is 9.59 Å². The van der Waals surface area contributed by atoms with Crippen molar-refractivity contribution < 1.29 is 14.3 Å². The maximum atomic E-state index is 12.9. The van der Waals surface area contributed by atoms with Crippen molar-refractivity contribution in [2.24, 2.45) is 5.92 Å². The minimum Gasteiger partial charge on any atom is -0.497 e. The van der Waals surface area contributed by atoms with Crippen LogP contribution in [0.25, 0.3) is 0 Å². The smallest absolute Gasteiger partial charge is 0.323 e. The van der Waals surface area contributed by atoms with Crippen molar-refractivity contribution in [3.05, 3.63) is 52.4 Å². The number of anilines is 2. The summed E-state index contributed by atoms with van der Waals surface area (Å²) in [4.78, 5) is 39.7. The third kappa shape index (κ3) is 5.20. The van der Waals surface area contributed by atoms with Gasteiger partial charge in [0.25, 0.3) is 5.56 Å². The van der Waals surface area contributed by atoms with Crippen LogP contribution in [-0.2, 0) is 11.3 Å². The van der Waals surface area contributed by atoms with E-state index in [9.17, 15) is 14.4 Å². The zero-order valence-corrected chi connectivity index (χ0v) is 17.6. The molecule has 0 aliphatic carbocycles. The highest BCUT2D eigenvalue weighted by Crippen LogP contribution is 2.17. The number of amides is 3. The van der Waals surface area contributed by atoms with Crippen molar-refractivity contribution in [3.8, 4) is 5.75 Å². The molecule has 1 aliphatic rings. The second-order valence-electron chi connectivity index (χ2n) is 7.67. The number of hydrogen-bond acceptors (Lipinski definition) is 4. The van der Waals surface area contributed by atoms with E-state index in [0.717, 1.165) is 25.9 Å². The standard InChI is InChI=1S/C22H28N4O4/c1-15-5-4-12-25(13-15)20(27)14-26-16(2)6-11-19(21(26)28)24-22(29)23-17-7-9-18(30-3)10-8-17/h6-11,15H,4-5,12-14H2,1-3H3,(H2,23,24,29)/t15-/m1/s1. The number of rotatable bonds is 5. The summed E-state index contributed by atoms with van der Waals surface area (Å²) in [6.45, 7) is 5.30. The van der Waals surface area contributed by atoms with Gasteiger partial charge in [-0.1, -0.05) is 6.92 Å². The second kappa shape index (κ2) is 9.47. The van der Waals surface area contributed by atoms with E-state index in [2.05, 4.69) is 17.6 Å². The Kier molecular flexibility index (Phi) is 6.76. The molecule has 2 aromatic rings. The predicted molar refractivity (Wildman–Crippen MR) is 116 cm³/mol. The van der Waals surface area contributed by atoms with Gasteiger partial charge in [0.2, 0.25) is 5.91 Å². The highest BCUT2D eigenvalue weighted by atomic mass is 16.5. The number of nitrogens with one attached hydrogen (secondary N) is 2. The number of benzene rings is 1. The Balaban J connectivity index is 1.69. The molecule has 160 valence electrons. The van der Waals surface area contributed by atoms with E-state index in [4.69, 9.17) is 4.74 Å². The Hall–Kier alpha value is -3.29. The molecule has 8 heteroatoms. The summed E-state index contributed by atoms with van der Waals surface area (Å²) in [6.07, 6.45) is 2.10. The Morgan fingerprint density at radius 2 is 1.87 bits per heavy atom. The molecule has 0 spiro atoms. The van der Waals surface area contributed by atoms with Crippen LogP contribution in [0.15, 0.2) is 41.2 Å². The monoisotopic (exact) mass is 412 g/mol. The molecule has 3 rings (SSSR count). The molecule has 1 atom stereocenters. The van der Waals surface area contributed by atoms with Crippen molar-refractivity contribution in [2.45, 2.75) is 33.2 Å². The average Bonchev–Trinajstić information content (AvgIpc) is 2.73. The van der Waals surface area contributed by atoms with Crippen LogP contribution in [0.2, 0.25) is 0 Å². The summed E-state index contributed by atoms with van der Waals surface area (Å²) in [5, 5.41) is 5.25. The van der Waals surface area contributed by atoms with Gasteiger partial charge in [-0.2, -0.15) is 0 Å². The van der Waals surface area contributed by atoms with Crippen LogP contribution in [0.5, 0.6) is 5.75 Å². The number of methoxy groups -OCH3 is 1. The van der Waals surface area contributed by atoms with E-state index in [1.165, 1.54) is 4.57 Å². The zero-order chi connectivity index (χ0) is 21.7. The van der Waals surface area contributed by atoms with Crippen molar-refractivity contribution >= 4 is 23.3 Å². The number of hydrogen-bond donors (Lipinski definition) is 2. The molecule has 1 saturated heterocycles. The van der Waals surface area contributed by atoms with Gasteiger partial charge in [0, 0.05) is 24.5 Å². The zero-order valence-electron chi connectivity index (χ0n) is 17.6. The fraction of sp³-hybridized carbons (Fsp3) is 0.409. The van der Waals surface area contributed by atoms with Crippen molar-refractivity contribution in [2.75, 3.05) is 30.8 Å². The summed E-state index contributed by atoms with van der Waals surface area (Å²) in [5.41, 5.74) is 0.944. The van der Waals surface area contributed by atoms with Crippen LogP contribution in [0, 0.1) is 12.8 Å². The summed E-state index contributed by atoms with van der Waals surface area (Å²) in [6, 6.07) is 9.58. The predicted octanol–water partition coefficient (Wildman–Crippen LogP) is 3.07. The highest BCUT2D eigenvalue weighted by molar-refractivity contribution is 5.99. The Labute approximate surface area is 175 Å². The van der Waals surface area contributed by atoms with E-state index >= 15 is 0 Å². The molecule has 1 aromatic carbocycles. The van der Waals surface area contributed by atoms with Crippen molar-refractivity contribution in [1.82, 2.24) is 9.47 Å². The molecule has 0 saturated carbocycles. The SMILES string of the molecule is COc1ccc(NC(=O)Nc2ccc(C)n(CC(=O)N3CCC[C@@H](C)C3)c2=O)cc1. The first-order chi connectivity index (χ1) is 14.4. The molecule has 0 radical (unpaired) electrons. The summed E-state index contributed by atoms with van der Waals surface area (Å²) >= 11 is 0. The van der Waals surface area contributed by atoms with E-state index in [1.54, 1.807) is 50.4 Å². The maximum absolute atomic E-state index is 12.9. The number of aromatic nitrogens is 1. The Morgan fingerprint density at radius 3 is 2.53 bits per heavy atom. The third-order valence-electron chi connectivity index (χ3n) is 5.29. The highest BCUT2D eigenvalue weighted by Gasteiger charge is 2.22. The largest absolute Gasteiger partial charge is 0.497 e. The summed E-state index contributed by atoms with van der Waals surface area (Å²) < 4.78 is 6.50. The number of urea groups is 1. The lowest BCUT2D eigenvalue weighted by Gasteiger charge is -2.31. The molecule has 2 N–H and O–H groups in total. The lowest BCUT2D eigenvalue weighted by atomic mass is 10.0. The lowest BCUT2D eigenvalue weighted by Crippen LogP contribution is -2.42. The fourth-order valence-corrected chi connectivity index (χ4v) is 3.57. The molecule has 2 heterocycles. The number of aryl methyl sites for hydroxylation is 1. The van der Waals surface area contributed by atoms with E-state index in [-0.39, 0.29) is 18.1 Å². The van der Waals surface area contributed by atoms with Crippen LogP contribution in [0.4, 0.5) is 16.2 Å². The summed E-state index contributed by atoms with van der Waals surface area (Å²) in [7, 11) is 1.56. The van der Waals surface area contributed by atoms with Gasteiger partial charge < -0.3 is 24.8 Å². The first kappa shape index (κ1) is 21.4. The van der Waals surface area contributed by atoms with Gasteiger partial charge >= 0.3 is 6.03 Å². The topological polar surface area (TPSA) is 92.7 Å². The van der Waals surface area contributed by atoms with Crippen LogP contribution in [0.3, 0.4) is 0 Å². The number of pyridine rings is 1. The number of likely N-dealkylation sites (tertiary alicyclic amines) is 1. The quantitative estimate of drug-likeness (QED) is 0.789. The van der Waals surface area contributed by atoms with Crippen LogP contribution >= 0.6 is 0 Å². The van der Waals surface area contributed by atoms with Gasteiger partial charge in [-0.15, -0.1) is 0 Å². The van der Waals surface area contributed by atoms with Crippen molar-refractivity contribution in [3.63, 3.8) is 0 Å². The first-order valence-corrected chi connectivity index (χ1v) is 10.1. The summed E-state index contributed by atoms with van der Waals surface area (Å²) in [5.74, 6) is 1.07. The van der Waals surface area contributed by atoms with E-state index in [0.29, 0.717) is 23.0 Å². The minimum absolute atomic E-state index is 0.0347. The molecule has 0 bridgehead atoms. The Bertz CT molecular complexity index is 968. The lowest BCUT2D eigenvalue weighted by molar-refractivity contribution is -0.133. The van der Waals surface area contributed by atoms with Gasteiger partial charge in [0.15, 0.2) is 0 Å². The number of piperidine rings is 1. The van der Waals surface area contributed by atoms with Crippen molar-refractivity contribution in [1.29, 1.82) is 0 Å². The average molecular weight is 412 g/mol. The molecule has 3 amide bonds. The van der Waals surface area contributed by atoms with Crippen LogP contribution in [0.1, 0.15) is 25.5 Å². The van der Waals surface area contributed by atoms with Crippen LogP contribution in [-0.4, -0.2) is 41.6 Å². The van der Waals surface area contributed by atoms with Gasteiger partial charge in [-0.25, -0.2) is 4.79 Å². The maximum Gasteiger partial charge on any atom is 0.323 e. The minimum atomic E-state index is -0.538. The fourth-order valence-electron chi connectivity index (χ4n) is 3.57. The number of carbonyl (C=O) groups is 2. The molecule has 1 fully saturated rings.